The summed E-state index contributed by atoms with van der Waals surface area (Å²) in [5, 5.41) is 9.10. The molecule has 3 nitrogen and oxygen atoms in total. The van der Waals surface area contributed by atoms with Crippen LogP contribution in [0.5, 0.6) is 5.75 Å². The third-order valence-corrected chi connectivity index (χ3v) is 3.67. The quantitative estimate of drug-likeness (QED) is 0.472. The van der Waals surface area contributed by atoms with Crippen molar-refractivity contribution in [3.8, 4) is 11.8 Å². The highest BCUT2D eigenvalue weighted by Gasteiger charge is 2.30. The van der Waals surface area contributed by atoms with E-state index in [1.54, 1.807) is 6.08 Å². The van der Waals surface area contributed by atoms with Crippen LogP contribution in [0.4, 0.5) is 0 Å². The van der Waals surface area contributed by atoms with E-state index in [0.717, 1.165) is 22.4 Å². The second-order valence-corrected chi connectivity index (χ2v) is 9.41. The number of rotatable bonds is 2. The van der Waals surface area contributed by atoms with Gasteiger partial charge in [0.05, 0.1) is 12.6 Å². The lowest BCUT2D eigenvalue weighted by Gasteiger charge is -2.34. The minimum absolute atomic E-state index is 0.0872. The van der Waals surface area contributed by atoms with E-state index >= 15 is 0 Å². The maximum Gasteiger partial charge on any atom is 0.262 e. The van der Waals surface area contributed by atoms with Crippen molar-refractivity contribution in [1.82, 2.24) is 0 Å². The molecule has 0 fully saturated rings. The van der Waals surface area contributed by atoms with E-state index in [9.17, 15) is 0 Å². The molecule has 0 saturated carbocycles. The van der Waals surface area contributed by atoms with Crippen molar-refractivity contribution >= 4 is 6.08 Å². The molecule has 0 amide bonds. The number of allylic oxidation sites excluding steroid dienone is 1. The third kappa shape index (κ3) is 5.64. The van der Waals surface area contributed by atoms with Crippen molar-refractivity contribution in [3.63, 3.8) is 0 Å². The first-order valence-corrected chi connectivity index (χ1v) is 8.56. The number of benzene rings is 1. The summed E-state index contributed by atoms with van der Waals surface area (Å²) in [6, 6.07) is 6.03. The van der Waals surface area contributed by atoms with Crippen molar-refractivity contribution in [1.29, 1.82) is 5.26 Å². The molecule has 0 bridgehead atoms. The molecular formula is C22H30N2O. The summed E-state index contributed by atoms with van der Waals surface area (Å²) in [5.74, 6) is 0.908. The first-order valence-electron chi connectivity index (χ1n) is 8.56. The summed E-state index contributed by atoms with van der Waals surface area (Å²) < 4.78 is 6.38. The van der Waals surface area contributed by atoms with Gasteiger partial charge in [-0.3, -0.25) is 0 Å². The van der Waals surface area contributed by atoms with E-state index in [0.29, 0.717) is 0 Å². The Bertz CT molecular complexity index is 701. The minimum atomic E-state index is -0.314. The van der Waals surface area contributed by atoms with Crippen LogP contribution in [0.25, 0.3) is 10.9 Å². The van der Waals surface area contributed by atoms with E-state index in [2.05, 4.69) is 46.4 Å². The van der Waals surface area contributed by atoms with Gasteiger partial charge >= 0.3 is 0 Å². The normalized spacial score (nSPS) is 13.2. The minimum Gasteiger partial charge on any atom is -0.488 e. The van der Waals surface area contributed by atoms with Crippen LogP contribution in [-0.4, -0.2) is 5.60 Å². The number of hydrogen-bond donors (Lipinski definition) is 0. The van der Waals surface area contributed by atoms with E-state index in [1.165, 1.54) is 0 Å². The maximum absolute atomic E-state index is 9.10. The summed E-state index contributed by atoms with van der Waals surface area (Å²) in [5.41, 5.74) is 2.55. The number of hydrogen-bond acceptors (Lipinski definition) is 2. The molecule has 0 aliphatic heterocycles. The van der Waals surface area contributed by atoms with Crippen molar-refractivity contribution in [3.05, 3.63) is 45.9 Å². The van der Waals surface area contributed by atoms with Gasteiger partial charge in [-0.05, 0) is 55.4 Å². The van der Waals surface area contributed by atoms with Crippen LogP contribution in [0.3, 0.4) is 0 Å². The molecule has 1 aromatic carbocycles. The van der Waals surface area contributed by atoms with Crippen LogP contribution in [0.2, 0.25) is 0 Å². The van der Waals surface area contributed by atoms with Crippen LogP contribution < -0.4 is 4.74 Å². The smallest absolute Gasteiger partial charge is 0.262 e. The Morgan fingerprint density at radius 2 is 1.44 bits per heavy atom. The Balaban J connectivity index is 3.86. The van der Waals surface area contributed by atoms with Gasteiger partial charge in [0.15, 0.2) is 0 Å². The molecule has 1 rings (SSSR count). The number of ether oxygens (including phenoxy) is 1. The monoisotopic (exact) mass is 338 g/mol. The predicted molar refractivity (Wildman–Crippen MR) is 104 cm³/mol. The summed E-state index contributed by atoms with van der Waals surface area (Å²) in [7, 11) is 0. The molecule has 0 spiro atoms. The molecule has 0 saturated heterocycles. The van der Waals surface area contributed by atoms with E-state index in [-0.39, 0.29) is 22.1 Å². The molecular weight excluding hydrogens is 308 g/mol. The van der Waals surface area contributed by atoms with E-state index < -0.39 is 0 Å². The van der Waals surface area contributed by atoms with Crippen molar-refractivity contribution < 1.29 is 4.74 Å². The highest BCUT2D eigenvalue weighted by atomic mass is 16.5. The van der Waals surface area contributed by atoms with Crippen LogP contribution in [-0.2, 0) is 10.8 Å². The zero-order valence-corrected chi connectivity index (χ0v) is 17.0. The molecule has 0 unspecified atom stereocenters. The highest BCUT2D eigenvalue weighted by Crippen LogP contribution is 2.42. The average Bonchev–Trinajstić information content (AvgIpc) is 2.41. The molecule has 0 atom stereocenters. The average molecular weight is 338 g/mol. The zero-order chi connectivity index (χ0) is 19.6. The van der Waals surface area contributed by atoms with Crippen molar-refractivity contribution in [2.45, 2.75) is 78.7 Å². The summed E-state index contributed by atoms with van der Waals surface area (Å²) in [6.07, 6.45) is 1.65. The lowest BCUT2D eigenvalue weighted by Crippen LogP contribution is -2.28. The summed E-state index contributed by atoms with van der Waals surface area (Å²) in [4.78, 5) is 3.29. The van der Waals surface area contributed by atoms with E-state index in [4.69, 9.17) is 16.6 Å². The first kappa shape index (κ1) is 20.8. The molecule has 3 heteroatoms. The Hall–Kier alpha value is -2.26. The van der Waals surface area contributed by atoms with E-state index in [1.807, 2.05) is 39.0 Å². The molecule has 134 valence electrons. The fourth-order valence-electron chi connectivity index (χ4n) is 2.51. The van der Waals surface area contributed by atoms with Gasteiger partial charge in [0.1, 0.15) is 11.4 Å². The fourth-order valence-corrected chi connectivity index (χ4v) is 2.51. The number of nitrogens with zero attached hydrogens (tertiary/aromatic N) is 2. The van der Waals surface area contributed by atoms with Crippen molar-refractivity contribution in [2.24, 2.45) is 0 Å². The number of nitriles is 1. The third-order valence-electron chi connectivity index (χ3n) is 3.67. The van der Waals surface area contributed by atoms with Crippen LogP contribution in [0, 0.1) is 17.9 Å². The Labute approximate surface area is 153 Å². The molecule has 25 heavy (non-hydrogen) atoms. The van der Waals surface area contributed by atoms with Crippen molar-refractivity contribution in [2.75, 3.05) is 0 Å². The zero-order valence-electron chi connectivity index (χ0n) is 17.0. The molecule has 0 heterocycles. The molecule has 0 aliphatic rings. The Kier molecular flexibility index (Phi) is 5.76. The van der Waals surface area contributed by atoms with Gasteiger partial charge in [0, 0.05) is 11.1 Å². The second kappa shape index (κ2) is 6.93. The molecule has 0 radical (unpaired) electrons. The molecule has 1 aromatic rings. The van der Waals surface area contributed by atoms with Crippen LogP contribution >= 0.6 is 0 Å². The predicted octanol–water partition coefficient (Wildman–Crippen LogP) is 6.24. The van der Waals surface area contributed by atoms with Gasteiger partial charge in [-0.25, -0.2) is 10.1 Å². The fraction of sp³-hybridized carbons (Fsp3) is 0.545. The van der Waals surface area contributed by atoms with Crippen LogP contribution in [0.1, 0.15) is 79.0 Å². The van der Waals surface area contributed by atoms with Gasteiger partial charge < -0.3 is 4.74 Å². The lowest BCUT2D eigenvalue weighted by molar-refractivity contribution is 0.124. The van der Waals surface area contributed by atoms with Gasteiger partial charge in [-0.1, -0.05) is 41.5 Å². The lowest BCUT2D eigenvalue weighted by atomic mass is 9.78. The molecule has 0 N–H and O–H groups in total. The highest BCUT2D eigenvalue weighted by molar-refractivity contribution is 5.64. The molecule has 0 aliphatic carbocycles. The molecule has 0 aromatic heterocycles. The van der Waals surface area contributed by atoms with Gasteiger partial charge in [-0.2, -0.15) is 0 Å². The van der Waals surface area contributed by atoms with Gasteiger partial charge in [-0.15, -0.1) is 0 Å². The Morgan fingerprint density at radius 3 is 1.72 bits per heavy atom. The Morgan fingerprint density at radius 1 is 1.00 bits per heavy atom. The summed E-state index contributed by atoms with van der Waals surface area (Å²) >= 11 is 0. The summed E-state index contributed by atoms with van der Waals surface area (Å²) in [6.45, 7) is 26.2. The van der Waals surface area contributed by atoms with Crippen LogP contribution in [0.15, 0.2) is 17.8 Å². The second-order valence-electron chi connectivity index (χ2n) is 9.41. The topological polar surface area (TPSA) is 37.4 Å². The van der Waals surface area contributed by atoms with Gasteiger partial charge in [0.2, 0.25) is 0 Å². The maximum atomic E-state index is 9.10. The first-order chi connectivity index (χ1) is 11.2. The standard InChI is InChI=1S/C22H30N2O/c1-20(2,3)17-12-15(11-16(14-23)24-10)13-18(21(4,5)6)19(17)25-22(7,8)9/h11-13H,1-9H3/b16-11-. The largest absolute Gasteiger partial charge is 0.488 e. The van der Waals surface area contributed by atoms with Gasteiger partial charge in [0.25, 0.3) is 5.70 Å². The SMILES string of the molecule is [C-]#[N+]/C(C#N)=C\c1cc(C(C)(C)C)c(OC(C)(C)C)c(C(C)(C)C)c1.